The van der Waals surface area contributed by atoms with Crippen LogP contribution in [0.25, 0.3) is 10.8 Å². The molecule has 4 aromatic carbocycles. The van der Waals surface area contributed by atoms with Gasteiger partial charge in [-0.15, -0.1) is 5.11 Å². The van der Waals surface area contributed by atoms with E-state index in [4.69, 9.17) is 27.9 Å². The Morgan fingerprint density at radius 3 is 2.39 bits per heavy atom. The Morgan fingerprint density at radius 1 is 1.03 bits per heavy atom. The molecule has 0 spiro atoms. The van der Waals surface area contributed by atoms with Crippen LogP contribution in [0.3, 0.4) is 0 Å². The minimum Gasteiger partial charge on any atom is -0.870 e. The van der Waals surface area contributed by atoms with E-state index in [1.807, 2.05) is 0 Å². The molecule has 0 unspecified atom stereocenters. The van der Waals surface area contributed by atoms with Crippen LogP contribution in [0.1, 0.15) is 15.9 Å². The van der Waals surface area contributed by atoms with Gasteiger partial charge in [0, 0.05) is 27.7 Å². The van der Waals surface area contributed by atoms with Gasteiger partial charge in [-0.2, -0.15) is 13.5 Å². The zero-order valence-corrected chi connectivity index (χ0v) is 24.6. The van der Waals surface area contributed by atoms with Crippen LogP contribution < -0.4 is 44.7 Å². The van der Waals surface area contributed by atoms with Crippen LogP contribution in [0.2, 0.25) is 10.0 Å². The summed E-state index contributed by atoms with van der Waals surface area (Å²) in [7, 11) is -3.10. The van der Waals surface area contributed by atoms with Crippen LogP contribution in [-0.2, 0) is 10.1 Å². The van der Waals surface area contributed by atoms with Crippen molar-refractivity contribution in [2.75, 3.05) is 12.4 Å². The summed E-state index contributed by atoms with van der Waals surface area (Å²) < 4.78 is 38.0. The summed E-state index contributed by atoms with van der Waals surface area (Å²) in [6.45, 7) is 1.39. The van der Waals surface area contributed by atoms with Gasteiger partial charge in [0.25, 0.3) is 16.0 Å². The average molecular weight is 582 g/mol. The summed E-state index contributed by atoms with van der Waals surface area (Å²) >= 11 is 12.3. The van der Waals surface area contributed by atoms with Crippen molar-refractivity contribution in [3.8, 4) is 11.5 Å². The molecule has 0 heterocycles. The molecule has 190 valence electrons. The van der Waals surface area contributed by atoms with Crippen molar-refractivity contribution in [3.63, 3.8) is 0 Å². The second-order valence-electron chi connectivity index (χ2n) is 7.85. The van der Waals surface area contributed by atoms with Gasteiger partial charge >= 0.3 is 29.6 Å². The van der Waals surface area contributed by atoms with Crippen LogP contribution in [-0.4, -0.2) is 26.0 Å². The molecule has 0 bridgehead atoms. The summed E-state index contributed by atoms with van der Waals surface area (Å²) in [5.74, 6) is -1.01. The van der Waals surface area contributed by atoms with Crippen molar-refractivity contribution in [1.29, 1.82) is 0 Å². The third-order valence-electron chi connectivity index (χ3n) is 5.44. The molecule has 0 aliphatic heterocycles. The molecule has 2 N–H and O–H groups in total. The van der Waals surface area contributed by atoms with E-state index in [0.29, 0.717) is 27.2 Å². The number of fused-ring (bicyclic) bond motifs is 1. The number of azo groups is 1. The zero-order valence-electron chi connectivity index (χ0n) is 20.3. The van der Waals surface area contributed by atoms with Gasteiger partial charge in [-0.1, -0.05) is 53.2 Å². The molecule has 4 aromatic rings. The van der Waals surface area contributed by atoms with Gasteiger partial charge in [-0.05, 0) is 48.2 Å². The average Bonchev–Trinajstić information content (AvgIpc) is 2.83. The second-order valence-corrected chi connectivity index (χ2v) is 10.1. The molecule has 0 aromatic heterocycles. The van der Waals surface area contributed by atoms with Crippen LogP contribution in [0.5, 0.6) is 11.5 Å². The van der Waals surface area contributed by atoms with Crippen molar-refractivity contribution in [2.24, 2.45) is 10.2 Å². The predicted molar refractivity (Wildman–Crippen MR) is 140 cm³/mol. The maximum absolute atomic E-state index is 13.4. The van der Waals surface area contributed by atoms with Crippen molar-refractivity contribution < 1.29 is 57.2 Å². The molecule has 0 atom stereocenters. The quantitative estimate of drug-likeness (QED) is 0.203. The van der Waals surface area contributed by atoms with Gasteiger partial charge in [-0.3, -0.25) is 9.35 Å². The first-order valence-electron chi connectivity index (χ1n) is 10.6. The molecule has 9 nitrogen and oxygen atoms in total. The molecule has 1 amide bonds. The molecular weight excluding hydrogens is 564 g/mol. The third kappa shape index (κ3) is 6.29. The van der Waals surface area contributed by atoms with Crippen molar-refractivity contribution in [1.82, 2.24) is 0 Å². The Labute approximate surface area is 250 Å². The van der Waals surface area contributed by atoms with E-state index >= 15 is 0 Å². The topological polar surface area (TPSA) is 140 Å². The van der Waals surface area contributed by atoms with Crippen molar-refractivity contribution >= 4 is 67.1 Å². The fourth-order valence-electron chi connectivity index (χ4n) is 3.68. The molecule has 0 fully saturated rings. The fraction of sp³-hybridized carbons (Fsp3) is 0.0800. The summed E-state index contributed by atoms with van der Waals surface area (Å²) in [4.78, 5) is 12.7. The predicted octanol–water partition coefficient (Wildman–Crippen LogP) is 3.46. The molecule has 38 heavy (non-hydrogen) atoms. The second kappa shape index (κ2) is 12.0. The number of halogens is 2. The molecule has 4 rings (SSSR count). The number of carbonyl (C=O) groups excluding carboxylic acids is 1. The molecule has 0 aliphatic rings. The number of nitrogens with one attached hydrogen (secondary N) is 1. The van der Waals surface area contributed by atoms with E-state index in [1.165, 1.54) is 32.2 Å². The summed E-state index contributed by atoms with van der Waals surface area (Å²) in [6, 6.07) is 15.2. The molecule has 13 heteroatoms. The van der Waals surface area contributed by atoms with Crippen molar-refractivity contribution in [2.45, 2.75) is 11.8 Å². The molecular formula is C25H18Cl2N3NaO6S. The van der Waals surface area contributed by atoms with Crippen LogP contribution in [0.15, 0.2) is 75.8 Å². The molecule has 0 saturated carbocycles. The van der Waals surface area contributed by atoms with E-state index in [9.17, 15) is 22.9 Å². The molecule has 0 aliphatic carbocycles. The van der Waals surface area contributed by atoms with Gasteiger partial charge in [-0.25, -0.2) is 0 Å². The van der Waals surface area contributed by atoms with Crippen LogP contribution in [0, 0.1) is 6.92 Å². The van der Waals surface area contributed by atoms with Gasteiger partial charge in [0.05, 0.1) is 22.7 Å². The van der Waals surface area contributed by atoms with Crippen LogP contribution in [0.4, 0.5) is 17.1 Å². The third-order valence-corrected chi connectivity index (χ3v) is 6.97. The first-order valence-corrected chi connectivity index (χ1v) is 12.8. The number of anilines is 1. The van der Waals surface area contributed by atoms with E-state index in [0.717, 1.165) is 6.07 Å². The number of methoxy groups -OCH3 is 1. The van der Waals surface area contributed by atoms with Crippen molar-refractivity contribution in [3.05, 3.63) is 81.8 Å². The Bertz CT molecular complexity index is 1700. The van der Waals surface area contributed by atoms with Crippen LogP contribution >= 0.6 is 23.2 Å². The number of hydrogen-bond acceptors (Lipinski definition) is 7. The monoisotopic (exact) mass is 581 g/mol. The number of rotatable bonds is 6. The number of ether oxygens (including phenoxy) is 1. The number of benzene rings is 4. The first-order chi connectivity index (χ1) is 17.5. The Kier molecular flexibility index (Phi) is 9.43. The number of carbonyl (C=O) groups is 1. The largest absolute Gasteiger partial charge is 1.00 e. The smallest absolute Gasteiger partial charge is 0.870 e. The SMILES string of the molecule is COc1cc(Cl)cc(NC(=O)c2cc3ccccc3c(N=Nc3c(Cl)ccc(S(=O)(=O)O)c3C)c2[O-])c1.[Na+]. The minimum atomic E-state index is -4.55. The van der Waals surface area contributed by atoms with E-state index in [1.54, 1.807) is 36.4 Å². The Balaban J connectivity index is 0.00000400. The summed E-state index contributed by atoms with van der Waals surface area (Å²) in [5, 5.41) is 25.5. The molecule has 0 radical (unpaired) electrons. The van der Waals surface area contributed by atoms with Gasteiger partial charge in [0.2, 0.25) is 0 Å². The zero-order chi connectivity index (χ0) is 26.9. The normalized spacial score (nSPS) is 11.4. The first kappa shape index (κ1) is 29.9. The van der Waals surface area contributed by atoms with Gasteiger partial charge in [0.1, 0.15) is 11.4 Å². The minimum absolute atomic E-state index is 0. The Hall–Kier alpha value is -2.70. The number of nitrogens with zero attached hydrogens (tertiary/aromatic N) is 2. The number of amides is 1. The summed E-state index contributed by atoms with van der Waals surface area (Å²) in [5.41, 5.74) is -0.0595. The standard InChI is InChI=1S/C25H19Cl2N3O6S.Na/c1-13-21(37(33,34)35)8-7-20(27)22(13)29-30-23-18-6-4-3-5-14(18)9-19(24(23)31)25(32)28-16-10-15(26)11-17(12-16)36-2;/h3-12,31H,1-2H3,(H,28,32)(H,33,34,35);/q;+1/p-1. The fourth-order valence-corrected chi connectivity index (χ4v) is 4.87. The Morgan fingerprint density at radius 2 is 1.71 bits per heavy atom. The maximum Gasteiger partial charge on any atom is 1.00 e. The summed E-state index contributed by atoms with van der Waals surface area (Å²) in [6.07, 6.45) is 0. The van der Waals surface area contributed by atoms with Gasteiger partial charge < -0.3 is 15.2 Å². The molecule has 0 saturated heterocycles. The van der Waals surface area contributed by atoms with E-state index in [-0.39, 0.29) is 57.1 Å². The van der Waals surface area contributed by atoms with Gasteiger partial charge in [0.15, 0.2) is 0 Å². The number of hydrogen-bond donors (Lipinski definition) is 2. The maximum atomic E-state index is 13.4. The van der Waals surface area contributed by atoms with E-state index < -0.39 is 26.7 Å². The van der Waals surface area contributed by atoms with E-state index in [2.05, 4.69) is 15.5 Å².